The van der Waals surface area contributed by atoms with E-state index in [0.29, 0.717) is 11.1 Å². The molecule has 1 aliphatic heterocycles. The summed E-state index contributed by atoms with van der Waals surface area (Å²) in [6.45, 7) is 6.20. The van der Waals surface area contributed by atoms with Crippen LogP contribution >= 0.6 is 12.2 Å². The Kier molecular flexibility index (Phi) is 5.95. The molecule has 1 heterocycles. The molecule has 110 valence electrons. The first-order chi connectivity index (χ1) is 9.69. The molecule has 4 heteroatoms. The highest BCUT2D eigenvalue weighted by Crippen LogP contribution is 2.16. The van der Waals surface area contributed by atoms with Crippen LogP contribution in [0.15, 0.2) is 24.3 Å². The predicted molar refractivity (Wildman–Crippen MR) is 86.9 cm³/mol. The van der Waals surface area contributed by atoms with Crippen LogP contribution in [0.4, 0.5) is 0 Å². The summed E-state index contributed by atoms with van der Waals surface area (Å²) in [6.07, 6.45) is 3.91. The SMILES string of the molecule is CCCOC1CCCN(Cc2ccc(C(N)=S)cc2)C1. The highest BCUT2D eigenvalue weighted by atomic mass is 32.1. The van der Waals surface area contributed by atoms with Gasteiger partial charge < -0.3 is 10.5 Å². The van der Waals surface area contributed by atoms with Crippen molar-refractivity contribution in [3.8, 4) is 0 Å². The second-order valence-corrected chi connectivity index (χ2v) is 5.87. The van der Waals surface area contributed by atoms with Crippen molar-refractivity contribution in [1.29, 1.82) is 0 Å². The molecule has 1 aromatic rings. The van der Waals surface area contributed by atoms with Crippen LogP contribution in [0.1, 0.15) is 37.3 Å². The van der Waals surface area contributed by atoms with E-state index in [0.717, 1.165) is 38.2 Å². The van der Waals surface area contributed by atoms with Crippen LogP contribution in [0.25, 0.3) is 0 Å². The first kappa shape index (κ1) is 15.4. The lowest BCUT2D eigenvalue weighted by molar-refractivity contribution is -0.00222. The van der Waals surface area contributed by atoms with Crippen molar-refractivity contribution in [3.05, 3.63) is 35.4 Å². The van der Waals surface area contributed by atoms with Crippen molar-refractivity contribution >= 4 is 17.2 Å². The van der Waals surface area contributed by atoms with Gasteiger partial charge in [0.25, 0.3) is 0 Å². The fourth-order valence-electron chi connectivity index (χ4n) is 2.61. The smallest absolute Gasteiger partial charge is 0.103 e. The molecule has 2 N–H and O–H groups in total. The molecule has 1 unspecified atom stereocenters. The minimum atomic E-state index is 0.402. The van der Waals surface area contributed by atoms with E-state index in [1.165, 1.54) is 18.4 Å². The number of nitrogens with zero attached hydrogens (tertiary/aromatic N) is 1. The van der Waals surface area contributed by atoms with E-state index in [4.69, 9.17) is 22.7 Å². The molecule has 0 aromatic heterocycles. The summed E-state index contributed by atoms with van der Waals surface area (Å²) in [6, 6.07) is 8.25. The van der Waals surface area contributed by atoms with Crippen LogP contribution in [0.3, 0.4) is 0 Å². The Hall–Kier alpha value is -0.970. The zero-order valence-corrected chi connectivity index (χ0v) is 13.0. The number of thiocarbonyl (C=S) groups is 1. The Morgan fingerprint density at radius 2 is 2.15 bits per heavy atom. The number of hydrogen-bond acceptors (Lipinski definition) is 3. The lowest BCUT2D eigenvalue weighted by Crippen LogP contribution is -2.39. The molecule has 2 rings (SSSR count). The predicted octanol–water partition coefficient (Wildman–Crippen LogP) is 2.71. The fraction of sp³-hybridized carbons (Fsp3) is 0.562. The second-order valence-electron chi connectivity index (χ2n) is 5.43. The van der Waals surface area contributed by atoms with E-state index in [9.17, 15) is 0 Å². The Morgan fingerprint density at radius 3 is 2.80 bits per heavy atom. The van der Waals surface area contributed by atoms with Gasteiger partial charge in [-0.1, -0.05) is 43.4 Å². The molecule has 1 atom stereocenters. The van der Waals surface area contributed by atoms with Gasteiger partial charge in [-0.2, -0.15) is 0 Å². The monoisotopic (exact) mass is 292 g/mol. The van der Waals surface area contributed by atoms with E-state index in [1.807, 2.05) is 12.1 Å². The largest absolute Gasteiger partial charge is 0.389 e. The third-order valence-electron chi connectivity index (χ3n) is 3.66. The van der Waals surface area contributed by atoms with Gasteiger partial charge in [-0.3, -0.25) is 4.90 Å². The van der Waals surface area contributed by atoms with E-state index in [1.54, 1.807) is 0 Å². The molecule has 0 amide bonds. The highest BCUT2D eigenvalue weighted by molar-refractivity contribution is 7.80. The van der Waals surface area contributed by atoms with Crippen LogP contribution in [-0.4, -0.2) is 35.7 Å². The van der Waals surface area contributed by atoms with Gasteiger partial charge in [0.2, 0.25) is 0 Å². The lowest BCUT2D eigenvalue weighted by atomic mass is 10.1. The Morgan fingerprint density at radius 1 is 1.40 bits per heavy atom. The zero-order valence-electron chi connectivity index (χ0n) is 12.2. The lowest BCUT2D eigenvalue weighted by Gasteiger charge is -2.32. The van der Waals surface area contributed by atoms with Crippen LogP contribution < -0.4 is 5.73 Å². The van der Waals surface area contributed by atoms with Gasteiger partial charge in [0.15, 0.2) is 0 Å². The average Bonchev–Trinajstić information content (AvgIpc) is 2.46. The molecule has 0 aliphatic carbocycles. The molecule has 0 radical (unpaired) electrons. The van der Waals surface area contributed by atoms with Crippen molar-refractivity contribution in [2.75, 3.05) is 19.7 Å². The number of nitrogens with two attached hydrogens (primary N) is 1. The van der Waals surface area contributed by atoms with Crippen molar-refractivity contribution in [2.45, 2.75) is 38.8 Å². The minimum Gasteiger partial charge on any atom is -0.389 e. The number of piperidine rings is 1. The average molecular weight is 292 g/mol. The summed E-state index contributed by atoms with van der Waals surface area (Å²) in [5.41, 5.74) is 7.86. The van der Waals surface area contributed by atoms with Crippen molar-refractivity contribution < 1.29 is 4.74 Å². The number of hydrogen-bond donors (Lipinski definition) is 1. The quantitative estimate of drug-likeness (QED) is 0.818. The maximum Gasteiger partial charge on any atom is 0.103 e. The van der Waals surface area contributed by atoms with Crippen molar-refractivity contribution in [1.82, 2.24) is 4.90 Å². The topological polar surface area (TPSA) is 38.5 Å². The maximum atomic E-state index is 5.88. The molecule has 0 spiro atoms. The van der Waals surface area contributed by atoms with Crippen molar-refractivity contribution in [2.24, 2.45) is 5.73 Å². The summed E-state index contributed by atoms with van der Waals surface area (Å²) in [7, 11) is 0. The Balaban J connectivity index is 1.87. The molecule has 1 aromatic carbocycles. The van der Waals surface area contributed by atoms with E-state index in [2.05, 4.69) is 24.0 Å². The third-order valence-corrected chi connectivity index (χ3v) is 3.90. The standard InChI is InChI=1S/C16H24N2OS/c1-2-10-19-15-4-3-9-18(12-15)11-13-5-7-14(8-6-13)16(17)20/h5-8,15H,2-4,9-12H2,1H3,(H2,17,20). The number of rotatable bonds is 6. The number of likely N-dealkylation sites (tertiary alicyclic amines) is 1. The molecule has 1 saturated heterocycles. The maximum absolute atomic E-state index is 5.88. The van der Waals surface area contributed by atoms with Gasteiger partial charge in [0, 0.05) is 25.3 Å². The van der Waals surface area contributed by atoms with E-state index >= 15 is 0 Å². The molecular formula is C16H24N2OS. The first-order valence-corrected chi connectivity index (χ1v) is 7.82. The summed E-state index contributed by atoms with van der Waals surface area (Å²) < 4.78 is 5.88. The normalized spacial score (nSPS) is 19.9. The van der Waals surface area contributed by atoms with Gasteiger partial charge in [-0.25, -0.2) is 0 Å². The molecule has 0 bridgehead atoms. The van der Waals surface area contributed by atoms with Gasteiger partial charge in [-0.05, 0) is 31.4 Å². The molecule has 0 saturated carbocycles. The molecule has 3 nitrogen and oxygen atoms in total. The summed E-state index contributed by atoms with van der Waals surface area (Å²) in [4.78, 5) is 2.93. The van der Waals surface area contributed by atoms with E-state index < -0.39 is 0 Å². The van der Waals surface area contributed by atoms with Crippen LogP contribution in [0.2, 0.25) is 0 Å². The summed E-state index contributed by atoms with van der Waals surface area (Å²) >= 11 is 4.97. The second kappa shape index (κ2) is 7.72. The zero-order chi connectivity index (χ0) is 14.4. The minimum absolute atomic E-state index is 0.402. The molecule has 1 fully saturated rings. The van der Waals surface area contributed by atoms with Gasteiger partial charge in [0.1, 0.15) is 4.99 Å². The fourth-order valence-corrected chi connectivity index (χ4v) is 2.75. The van der Waals surface area contributed by atoms with Gasteiger partial charge >= 0.3 is 0 Å². The Labute approximate surface area is 127 Å². The number of benzene rings is 1. The van der Waals surface area contributed by atoms with Gasteiger partial charge in [-0.15, -0.1) is 0 Å². The molecule has 20 heavy (non-hydrogen) atoms. The van der Waals surface area contributed by atoms with Crippen LogP contribution in [0, 0.1) is 0 Å². The number of ether oxygens (including phenoxy) is 1. The summed E-state index contributed by atoms with van der Waals surface area (Å²) in [5.74, 6) is 0. The first-order valence-electron chi connectivity index (χ1n) is 7.41. The highest BCUT2D eigenvalue weighted by Gasteiger charge is 2.20. The third kappa shape index (κ3) is 4.54. The van der Waals surface area contributed by atoms with Gasteiger partial charge in [0.05, 0.1) is 6.10 Å². The van der Waals surface area contributed by atoms with Crippen molar-refractivity contribution in [3.63, 3.8) is 0 Å². The molecule has 1 aliphatic rings. The van der Waals surface area contributed by atoms with Crippen LogP contribution in [0.5, 0.6) is 0 Å². The Bertz CT molecular complexity index is 433. The van der Waals surface area contributed by atoms with Crippen LogP contribution in [-0.2, 0) is 11.3 Å². The summed E-state index contributed by atoms with van der Waals surface area (Å²) in [5, 5.41) is 0. The molecular weight excluding hydrogens is 268 g/mol. The van der Waals surface area contributed by atoms with E-state index in [-0.39, 0.29) is 0 Å².